The van der Waals surface area contributed by atoms with Crippen LogP contribution in [0.5, 0.6) is 0 Å². The van der Waals surface area contributed by atoms with Gasteiger partial charge in [-0.15, -0.1) is 0 Å². The van der Waals surface area contributed by atoms with E-state index < -0.39 is 0 Å². The number of rotatable bonds is 0. The third-order valence-electron chi connectivity index (χ3n) is 2.96. The topological polar surface area (TPSA) is 50.2 Å². The van der Waals surface area contributed by atoms with Crippen molar-refractivity contribution in [3.8, 4) is 0 Å². The molecule has 4 nitrogen and oxygen atoms in total. The molecule has 0 radical (unpaired) electrons. The number of aromatic nitrogens is 3. The zero-order chi connectivity index (χ0) is 11.3. The third-order valence-corrected chi connectivity index (χ3v) is 2.96. The summed E-state index contributed by atoms with van der Waals surface area (Å²) in [6.07, 6.45) is 0. The fourth-order valence-electron chi connectivity index (χ4n) is 1.99. The molecule has 80 valence electrons. The number of nitrogens with zero attached hydrogens (tertiary/aromatic N) is 2. The minimum atomic E-state index is -0.0863. The Labute approximate surface area is 91.5 Å². The highest BCUT2D eigenvalue weighted by atomic mass is 16.1. The molecule has 0 bridgehead atoms. The minimum Gasteiger partial charge on any atom is -0.319 e. The summed E-state index contributed by atoms with van der Waals surface area (Å²) in [5, 5.41) is 4.40. The summed E-state index contributed by atoms with van der Waals surface area (Å²) in [5.74, 6) is 0. The first-order valence-electron chi connectivity index (χ1n) is 5.15. The molecule has 1 N–H and O–H groups in total. The zero-order valence-electron chi connectivity index (χ0n) is 9.11. The molecule has 0 atom stereocenters. The number of nitrogens with one attached hydrogen (secondary N) is 1. The third kappa shape index (κ3) is 1.04. The Bertz CT molecular complexity index is 752. The van der Waals surface area contributed by atoms with Crippen LogP contribution in [0.25, 0.3) is 16.6 Å². The second-order valence-electron chi connectivity index (χ2n) is 3.94. The van der Waals surface area contributed by atoms with Crippen molar-refractivity contribution in [3.63, 3.8) is 0 Å². The van der Waals surface area contributed by atoms with Crippen LogP contribution in [-0.2, 0) is 0 Å². The van der Waals surface area contributed by atoms with E-state index >= 15 is 0 Å². The molecule has 0 fully saturated rings. The van der Waals surface area contributed by atoms with E-state index in [1.54, 1.807) is 4.52 Å². The Balaban J connectivity index is 2.70. The van der Waals surface area contributed by atoms with Crippen LogP contribution in [-0.4, -0.2) is 14.6 Å². The predicted molar refractivity (Wildman–Crippen MR) is 62.8 cm³/mol. The maximum atomic E-state index is 11.9. The van der Waals surface area contributed by atoms with Crippen molar-refractivity contribution < 1.29 is 0 Å². The molecule has 0 aliphatic carbocycles. The van der Waals surface area contributed by atoms with Crippen LogP contribution in [0.2, 0.25) is 0 Å². The second-order valence-corrected chi connectivity index (χ2v) is 3.94. The van der Waals surface area contributed by atoms with Crippen LogP contribution in [0.15, 0.2) is 29.1 Å². The van der Waals surface area contributed by atoms with Gasteiger partial charge in [0.2, 0.25) is 0 Å². The molecule has 0 spiro atoms. The lowest BCUT2D eigenvalue weighted by Crippen LogP contribution is -2.11. The Morgan fingerprint density at radius 3 is 2.81 bits per heavy atom. The van der Waals surface area contributed by atoms with Gasteiger partial charge in [0.15, 0.2) is 0 Å². The molecule has 0 unspecified atom stereocenters. The number of benzene rings is 1. The number of hydrogen-bond donors (Lipinski definition) is 1. The lowest BCUT2D eigenvalue weighted by Gasteiger charge is -2.00. The first kappa shape index (κ1) is 9.15. The van der Waals surface area contributed by atoms with Crippen molar-refractivity contribution in [2.24, 2.45) is 0 Å². The van der Waals surface area contributed by atoms with Gasteiger partial charge in [-0.1, -0.05) is 12.1 Å². The van der Waals surface area contributed by atoms with E-state index in [0.717, 1.165) is 22.3 Å². The fraction of sp³-hybridized carbons (Fsp3) is 0.167. The Morgan fingerprint density at radius 2 is 2.00 bits per heavy atom. The quantitative estimate of drug-likeness (QED) is 0.619. The van der Waals surface area contributed by atoms with Gasteiger partial charge in [0, 0.05) is 5.56 Å². The average Bonchev–Trinajstić information content (AvgIpc) is 2.57. The number of H-pyrrole nitrogens is 1. The van der Waals surface area contributed by atoms with Gasteiger partial charge >= 0.3 is 0 Å². The molecular formula is C12H11N3O. The van der Waals surface area contributed by atoms with E-state index in [-0.39, 0.29) is 5.56 Å². The predicted octanol–water partition coefficient (Wildman–Crippen LogP) is 1.79. The summed E-state index contributed by atoms with van der Waals surface area (Å²) in [4.78, 5) is 14.8. The largest absolute Gasteiger partial charge is 0.319 e. The van der Waals surface area contributed by atoms with Crippen LogP contribution in [0.1, 0.15) is 11.3 Å². The number of para-hydroxylation sites is 2. The number of hydrogen-bond acceptors (Lipinski definition) is 2. The second kappa shape index (κ2) is 2.95. The summed E-state index contributed by atoms with van der Waals surface area (Å²) in [7, 11) is 0. The maximum absolute atomic E-state index is 11.9. The summed E-state index contributed by atoms with van der Waals surface area (Å²) in [6, 6.07) is 7.66. The zero-order valence-corrected chi connectivity index (χ0v) is 9.11. The Hall–Kier alpha value is -2.10. The maximum Gasteiger partial charge on any atom is 0.274 e. The standard InChI is InChI=1S/C12H11N3O/c1-7-8(2)14-15-10-6-4-3-5-9(10)13-12(16)11(7)15/h3-6H,1-2H3,(H,13,16). The van der Waals surface area contributed by atoms with Crippen LogP contribution in [0, 0.1) is 13.8 Å². The lowest BCUT2D eigenvalue weighted by atomic mass is 10.2. The van der Waals surface area contributed by atoms with Crippen molar-refractivity contribution in [2.45, 2.75) is 13.8 Å². The first-order chi connectivity index (χ1) is 7.68. The number of aryl methyl sites for hydroxylation is 2. The number of fused-ring (bicyclic) bond motifs is 3. The molecule has 3 rings (SSSR count). The van der Waals surface area contributed by atoms with Crippen LogP contribution in [0.3, 0.4) is 0 Å². The van der Waals surface area contributed by atoms with Crippen molar-refractivity contribution in [3.05, 3.63) is 45.9 Å². The van der Waals surface area contributed by atoms with Crippen molar-refractivity contribution in [1.82, 2.24) is 14.6 Å². The molecule has 2 aromatic heterocycles. The van der Waals surface area contributed by atoms with Crippen molar-refractivity contribution in [1.29, 1.82) is 0 Å². The van der Waals surface area contributed by atoms with Gasteiger partial charge in [0.25, 0.3) is 5.56 Å². The highest BCUT2D eigenvalue weighted by Crippen LogP contribution is 2.15. The van der Waals surface area contributed by atoms with E-state index in [0.29, 0.717) is 5.52 Å². The van der Waals surface area contributed by atoms with Crippen LogP contribution in [0.4, 0.5) is 0 Å². The molecular weight excluding hydrogens is 202 g/mol. The van der Waals surface area contributed by atoms with Gasteiger partial charge in [-0.2, -0.15) is 5.10 Å². The normalized spacial score (nSPS) is 11.4. The van der Waals surface area contributed by atoms with Crippen molar-refractivity contribution >= 4 is 16.6 Å². The molecule has 1 aromatic carbocycles. The van der Waals surface area contributed by atoms with Gasteiger partial charge in [-0.3, -0.25) is 4.79 Å². The van der Waals surface area contributed by atoms with Crippen LogP contribution >= 0.6 is 0 Å². The first-order valence-corrected chi connectivity index (χ1v) is 5.15. The molecule has 0 amide bonds. The monoisotopic (exact) mass is 213 g/mol. The molecule has 0 saturated heterocycles. The molecule has 16 heavy (non-hydrogen) atoms. The molecule has 3 aromatic rings. The average molecular weight is 213 g/mol. The van der Waals surface area contributed by atoms with E-state index in [2.05, 4.69) is 10.1 Å². The van der Waals surface area contributed by atoms with Gasteiger partial charge in [0.1, 0.15) is 5.52 Å². The minimum absolute atomic E-state index is 0.0863. The molecule has 0 aliphatic rings. The van der Waals surface area contributed by atoms with Crippen LogP contribution < -0.4 is 5.56 Å². The highest BCUT2D eigenvalue weighted by Gasteiger charge is 2.11. The van der Waals surface area contributed by atoms with E-state index in [4.69, 9.17) is 0 Å². The summed E-state index contributed by atoms with van der Waals surface area (Å²) in [5.41, 5.74) is 4.11. The molecule has 4 heteroatoms. The SMILES string of the molecule is Cc1nn2c(c1C)c(=O)[nH]c1ccccc12. The molecule has 0 aliphatic heterocycles. The smallest absolute Gasteiger partial charge is 0.274 e. The summed E-state index contributed by atoms with van der Waals surface area (Å²) < 4.78 is 1.72. The van der Waals surface area contributed by atoms with E-state index in [9.17, 15) is 4.79 Å². The van der Waals surface area contributed by atoms with E-state index in [1.165, 1.54) is 0 Å². The molecule has 0 saturated carbocycles. The van der Waals surface area contributed by atoms with E-state index in [1.807, 2.05) is 38.1 Å². The van der Waals surface area contributed by atoms with Gasteiger partial charge in [-0.25, -0.2) is 4.52 Å². The van der Waals surface area contributed by atoms with Gasteiger partial charge < -0.3 is 4.98 Å². The number of aromatic amines is 1. The highest BCUT2D eigenvalue weighted by molar-refractivity contribution is 5.78. The fourth-order valence-corrected chi connectivity index (χ4v) is 1.99. The summed E-state index contributed by atoms with van der Waals surface area (Å²) >= 11 is 0. The summed E-state index contributed by atoms with van der Waals surface area (Å²) in [6.45, 7) is 3.83. The van der Waals surface area contributed by atoms with Crippen molar-refractivity contribution in [2.75, 3.05) is 0 Å². The van der Waals surface area contributed by atoms with Gasteiger partial charge in [-0.05, 0) is 26.0 Å². The molecule has 2 heterocycles. The lowest BCUT2D eigenvalue weighted by molar-refractivity contribution is 0.958. The Kier molecular flexibility index (Phi) is 1.68. The Morgan fingerprint density at radius 1 is 1.25 bits per heavy atom. The van der Waals surface area contributed by atoms with Gasteiger partial charge in [0.05, 0.1) is 16.7 Å².